The molecular formula is C17H17NO4S. The van der Waals surface area contributed by atoms with Crippen LogP contribution in [0, 0.1) is 0 Å². The molecule has 0 aromatic heterocycles. The van der Waals surface area contributed by atoms with Crippen molar-refractivity contribution in [2.24, 2.45) is 0 Å². The van der Waals surface area contributed by atoms with Gasteiger partial charge in [-0.3, -0.25) is 9.00 Å². The SMILES string of the molecule is CC(NC(=O)c1ccc(S(C)=O)cc1)c1ccc2c(c1)OCO2. The van der Waals surface area contributed by atoms with Gasteiger partial charge in [-0.1, -0.05) is 6.07 Å². The van der Waals surface area contributed by atoms with Crippen molar-refractivity contribution in [1.82, 2.24) is 5.32 Å². The lowest BCUT2D eigenvalue weighted by Crippen LogP contribution is -2.26. The van der Waals surface area contributed by atoms with Crippen molar-refractivity contribution >= 4 is 16.7 Å². The number of hydrogen-bond donors (Lipinski definition) is 1. The minimum absolute atomic E-state index is 0.169. The third-order valence-corrected chi connectivity index (χ3v) is 4.63. The minimum atomic E-state index is -1.05. The van der Waals surface area contributed by atoms with Gasteiger partial charge in [0.15, 0.2) is 11.5 Å². The molecule has 1 heterocycles. The fourth-order valence-corrected chi connectivity index (χ4v) is 2.86. The molecule has 0 radical (unpaired) electrons. The van der Waals surface area contributed by atoms with Gasteiger partial charge in [0.2, 0.25) is 6.79 Å². The lowest BCUT2D eigenvalue weighted by atomic mass is 10.1. The van der Waals surface area contributed by atoms with Crippen molar-refractivity contribution in [1.29, 1.82) is 0 Å². The summed E-state index contributed by atoms with van der Waals surface area (Å²) in [4.78, 5) is 13.0. The summed E-state index contributed by atoms with van der Waals surface area (Å²) < 4.78 is 22.0. The number of carbonyl (C=O) groups excluding carboxylic acids is 1. The number of carbonyl (C=O) groups is 1. The number of hydrogen-bond acceptors (Lipinski definition) is 4. The zero-order chi connectivity index (χ0) is 16.4. The van der Waals surface area contributed by atoms with E-state index >= 15 is 0 Å². The van der Waals surface area contributed by atoms with Crippen LogP contribution < -0.4 is 14.8 Å². The summed E-state index contributed by atoms with van der Waals surface area (Å²) >= 11 is 0. The van der Waals surface area contributed by atoms with Crippen LogP contribution in [-0.2, 0) is 10.8 Å². The normalized spacial score (nSPS) is 15.0. The van der Waals surface area contributed by atoms with Crippen molar-refractivity contribution in [3.05, 3.63) is 53.6 Å². The Morgan fingerprint density at radius 2 is 1.83 bits per heavy atom. The number of fused-ring (bicyclic) bond motifs is 1. The summed E-state index contributed by atoms with van der Waals surface area (Å²) in [6.45, 7) is 2.13. The van der Waals surface area contributed by atoms with Gasteiger partial charge in [0.05, 0.1) is 6.04 Å². The maximum absolute atomic E-state index is 12.3. The van der Waals surface area contributed by atoms with Crippen molar-refractivity contribution in [2.75, 3.05) is 13.0 Å². The number of amides is 1. The Morgan fingerprint density at radius 1 is 1.13 bits per heavy atom. The second-order valence-corrected chi connectivity index (χ2v) is 6.67. The predicted octanol–water partition coefficient (Wildman–Crippen LogP) is 2.64. The van der Waals surface area contributed by atoms with Crippen LogP contribution in [-0.4, -0.2) is 23.2 Å². The summed E-state index contributed by atoms with van der Waals surface area (Å²) in [6.07, 6.45) is 1.61. The first kappa shape index (κ1) is 15.6. The molecule has 1 aliphatic rings. The van der Waals surface area contributed by atoms with Crippen LogP contribution in [0.3, 0.4) is 0 Å². The molecule has 2 aromatic carbocycles. The topological polar surface area (TPSA) is 64.6 Å². The summed E-state index contributed by atoms with van der Waals surface area (Å²) in [7, 11) is -1.05. The summed E-state index contributed by atoms with van der Waals surface area (Å²) in [5.74, 6) is 1.23. The molecule has 5 nitrogen and oxygen atoms in total. The van der Waals surface area contributed by atoms with Crippen molar-refractivity contribution < 1.29 is 18.5 Å². The van der Waals surface area contributed by atoms with Gasteiger partial charge in [-0.2, -0.15) is 0 Å². The van der Waals surface area contributed by atoms with Crippen LogP contribution in [0.5, 0.6) is 11.5 Å². The molecule has 0 aliphatic carbocycles. The molecule has 0 fully saturated rings. The zero-order valence-corrected chi connectivity index (χ0v) is 13.7. The highest BCUT2D eigenvalue weighted by atomic mass is 32.2. The second-order valence-electron chi connectivity index (χ2n) is 5.29. The van der Waals surface area contributed by atoms with Crippen molar-refractivity contribution in [2.45, 2.75) is 17.9 Å². The highest BCUT2D eigenvalue weighted by Gasteiger charge is 2.17. The Kier molecular flexibility index (Phi) is 4.34. The fraction of sp³-hybridized carbons (Fsp3) is 0.235. The first-order valence-electron chi connectivity index (χ1n) is 7.18. The number of benzene rings is 2. The number of nitrogens with one attached hydrogen (secondary N) is 1. The van der Waals surface area contributed by atoms with E-state index in [1.165, 1.54) is 0 Å². The van der Waals surface area contributed by atoms with E-state index in [0.29, 0.717) is 16.2 Å². The van der Waals surface area contributed by atoms with Crippen molar-refractivity contribution in [3.8, 4) is 11.5 Å². The van der Waals surface area contributed by atoms with Gasteiger partial charge in [-0.05, 0) is 48.9 Å². The molecule has 1 aliphatic heterocycles. The van der Waals surface area contributed by atoms with Crippen LogP contribution in [0.15, 0.2) is 47.4 Å². The quantitative estimate of drug-likeness (QED) is 0.935. The fourth-order valence-electron chi connectivity index (χ4n) is 2.34. The molecule has 120 valence electrons. The van der Waals surface area contributed by atoms with Gasteiger partial charge in [-0.25, -0.2) is 0 Å². The Hall–Kier alpha value is -2.34. The zero-order valence-electron chi connectivity index (χ0n) is 12.9. The smallest absolute Gasteiger partial charge is 0.251 e. The van der Waals surface area contributed by atoms with Gasteiger partial charge in [-0.15, -0.1) is 0 Å². The maximum atomic E-state index is 12.3. The summed E-state index contributed by atoms with van der Waals surface area (Å²) in [5, 5.41) is 2.94. The molecule has 0 spiro atoms. The maximum Gasteiger partial charge on any atom is 0.251 e. The highest BCUT2D eigenvalue weighted by molar-refractivity contribution is 7.84. The van der Waals surface area contributed by atoms with E-state index in [1.807, 2.05) is 25.1 Å². The first-order chi connectivity index (χ1) is 11.0. The standard InChI is InChI=1S/C17H17NO4S/c1-11(13-5-8-15-16(9-13)22-10-21-15)18-17(19)12-3-6-14(7-4-12)23(2)20/h3-9,11H,10H2,1-2H3,(H,18,19). The Balaban J connectivity index is 1.70. The number of ether oxygens (including phenoxy) is 2. The van der Waals surface area contributed by atoms with E-state index in [2.05, 4.69) is 5.32 Å². The Morgan fingerprint density at radius 3 is 2.52 bits per heavy atom. The van der Waals surface area contributed by atoms with Crippen LogP contribution >= 0.6 is 0 Å². The van der Waals surface area contributed by atoms with Gasteiger partial charge in [0.25, 0.3) is 5.91 Å². The monoisotopic (exact) mass is 331 g/mol. The largest absolute Gasteiger partial charge is 0.454 e. The van der Waals surface area contributed by atoms with Gasteiger partial charge >= 0.3 is 0 Å². The van der Waals surface area contributed by atoms with Crippen LogP contribution in [0.25, 0.3) is 0 Å². The molecule has 1 amide bonds. The molecule has 0 bridgehead atoms. The van der Waals surface area contributed by atoms with E-state index in [1.54, 1.807) is 30.5 Å². The molecule has 6 heteroatoms. The molecule has 2 aromatic rings. The van der Waals surface area contributed by atoms with E-state index in [0.717, 1.165) is 11.3 Å². The van der Waals surface area contributed by atoms with Gasteiger partial charge in [0, 0.05) is 27.5 Å². The van der Waals surface area contributed by atoms with Crippen LogP contribution in [0.4, 0.5) is 0 Å². The summed E-state index contributed by atoms with van der Waals surface area (Å²) in [6, 6.07) is 12.2. The third-order valence-electron chi connectivity index (χ3n) is 3.69. The average Bonchev–Trinajstić information content (AvgIpc) is 3.02. The van der Waals surface area contributed by atoms with Crippen molar-refractivity contribution in [3.63, 3.8) is 0 Å². The Labute approximate surface area is 137 Å². The van der Waals surface area contributed by atoms with E-state index < -0.39 is 10.8 Å². The lowest BCUT2D eigenvalue weighted by Gasteiger charge is -2.15. The molecule has 2 atom stereocenters. The molecule has 1 N–H and O–H groups in total. The molecule has 3 rings (SSSR count). The molecule has 2 unspecified atom stereocenters. The minimum Gasteiger partial charge on any atom is -0.454 e. The van der Waals surface area contributed by atoms with E-state index in [4.69, 9.17) is 9.47 Å². The second kappa shape index (κ2) is 6.42. The average molecular weight is 331 g/mol. The van der Waals surface area contributed by atoms with E-state index in [-0.39, 0.29) is 18.7 Å². The Bertz CT molecular complexity index is 758. The summed E-state index contributed by atoms with van der Waals surface area (Å²) in [5.41, 5.74) is 1.47. The van der Waals surface area contributed by atoms with Gasteiger partial charge < -0.3 is 14.8 Å². The molecule has 0 saturated heterocycles. The van der Waals surface area contributed by atoms with Crippen LogP contribution in [0.2, 0.25) is 0 Å². The first-order valence-corrected chi connectivity index (χ1v) is 8.74. The molecule has 23 heavy (non-hydrogen) atoms. The molecule has 0 saturated carbocycles. The van der Waals surface area contributed by atoms with Gasteiger partial charge in [0.1, 0.15) is 0 Å². The van der Waals surface area contributed by atoms with Crippen LogP contribution in [0.1, 0.15) is 28.9 Å². The van der Waals surface area contributed by atoms with E-state index in [9.17, 15) is 9.00 Å². The lowest BCUT2D eigenvalue weighted by molar-refractivity contribution is 0.0939. The predicted molar refractivity (Wildman–Crippen MR) is 87.2 cm³/mol. The molecular weight excluding hydrogens is 314 g/mol. The third kappa shape index (κ3) is 3.37. The highest BCUT2D eigenvalue weighted by Crippen LogP contribution is 2.34. The number of rotatable bonds is 4.